The molecule has 0 radical (unpaired) electrons. The Bertz CT molecular complexity index is 752. The molecular formula is C16H24ClN3O3S. The monoisotopic (exact) mass is 373 g/mol. The highest BCUT2D eigenvalue weighted by Crippen LogP contribution is 2.24. The van der Waals surface area contributed by atoms with E-state index < -0.39 is 15.9 Å². The second-order valence-electron chi connectivity index (χ2n) is 6.69. The minimum Gasteiger partial charge on any atom is -0.271 e. The Kier molecular flexibility index (Phi) is 6.41. The van der Waals surface area contributed by atoms with E-state index in [4.69, 9.17) is 11.6 Å². The third-order valence-electron chi connectivity index (χ3n) is 3.56. The summed E-state index contributed by atoms with van der Waals surface area (Å²) in [6, 6.07) is 4.84. The Balaban J connectivity index is 3.00. The topological polar surface area (TPSA) is 78.8 Å². The first kappa shape index (κ1) is 20.4. The Morgan fingerprint density at radius 2 is 1.92 bits per heavy atom. The molecule has 1 aromatic carbocycles. The van der Waals surface area contributed by atoms with Crippen molar-refractivity contribution in [2.45, 2.75) is 34.6 Å². The number of hydrogen-bond donors (Lipinski definition) is 1. The van der Waals surface area contributed by atoms with E-state index in [1.165, 1.54) is 6.07 Å². The van der Waals surface area contributed by atoms with Gasteiger partial charge in [0.15, 0.2) is 0 Å². The number of hydrogen-bond acceptors (Lipinski definition) is 4. The van der Waals surface area contributed by atoms with Crippen LogP contribution in [0.1, 0.15) is 33.3 Å². The summed E-state index contributed by atoms with van der Waals surface area (Å²) in [6.07, 6.45) is 1.04. The molecule has 0 atom stereocenters. The number of halogens is 1. The second-order valence-corrected chi connectivity index (χ2v) is 9.00. The molecule has 0 saturated heterocycles. The predicted octanol–water partition coefficient (Wildman–Crippen LogP) is 2.95. The van der Waals surface area contributed by atoms with E-state index in [1.807, 2.05) is 27.7 Å². The first-order valence-electron chi connectivity index (χ1n) is 7.40. The van der Waals surface area contributed by atoms with Crippen LogP contribution in [-0.2, 0) is 14.8 Å². The van der Waals surface area contributed by atoms with Gasteiger partial charge in [-0.2, -0.15) is 5.10 Å². The number of benzene rings is 1. The lowest BCUT2D eigenvalue weighted by Crippen LogP contribution is -2.39. The average molecular weight is 374 g/mol. The lowest BCUT2D eigenvalue weighted by atomic mass is 9.91. The summed E-state index contributed by atoms with van der Waals surface area (Å²) >= 11 is 6.05. The van der Waals surface area contributed by atoms with Gasteiger partial charge < -0.3 is 0 Å². The largest absolute Gasteiger partial charge is 0.271 e. The number of hydrazone groups is 1. The van der Waals surface area contributed by atoms with Crippen LogP contribution in [0.15, 0.2) is 23.3 Å². The Labute approximate surface area is 148 Å². The molecule has 134 valence electrons. The molecule has 0 fully saturated rings. The molecule has 0 bridgehead atoms. The SMILES string of the molecule is C/C(=N/NC(=O)CN(c1ccc(C)c(Cl)c1)S(C)(=O)=O)C(C)(C)C. The van der Waals surface area contributed by atoms with E-state index in [0.717, 1.165) is 21.8 Å². The summed E-state index contributed by atoms with van der Waals surface area (Å²) < 4.78 is 25.1. The smallest absolute Gasteiger partial charge is 0.260 e. The van der Waals surface area contributed by atoms with Crippen LogP contribution >= 0.6 is 11.6 Å². The normalized spacial score (nSPS) is 12.9. The van der Waals surface area contributed by atoms with Crippen molar-refractivity contribution in [3.63, 3.8) is 0 Å². The van der Waals surface area contributed by atoms with Crippen molar-refractivity contribution in [1.29, 1.82) is 0 Å². The predicted molar refractivity (Wildman–Crippen MR) is 99.1 cm³/mol. The molecule has 0 aliphatic heterocycles. The quantitative estimate of drug-likeness (QED) is 0.636. The van der Waals surface area contributed by atoms with E-state index in [9.17, 15) is 13.2 Å². The van der Waals surface area contributed by atoms with Gasteiger partial charge in [0.1, 0.15) is 6.54 Å². The summed E-state index contributed by atoms with van der Waals surface area (Å²) in [4.78, 5) is 12.1. The highest BCUT2D eigenvalue weighted by atomic mass is 35.5. The minimum atomic E-state index is -3.64. The van der Waals surface area contributed by atoms with Crippen molar-refractivity contribution in [3.05, 3.63) is 28.8 Å². The summed E-state index contributed by atoms with van der Waals surface area (Å²) in [5.74, 6) is -0.527. The zero-order valence-corrected chi connectivity index (χ0v) is 16.4. The molecule has 1 rings (SSSR count). The highest BCUT2D eigenvalue weighted by Gasteiger charge is 2.22. The third kappa shape index (κ3) is 5.79. The Morgan fingerprint density at radius 1 is 1.33 bits per heavy atom. The first-order valence-corrected chi connectivity index (χ1v) is 9.62. The molecule has 6 nitrogen and oxygen atoms in total. The lowest BCUT2D eigenvalue weighted by Gasteiger charge is -2.22. The fourth-order valence-electron chi connectivity index (χ4n) is 1.62. The molecule has 0 aliphatic carbocycles. The first-order chi connectivity index (χ1) is 10.8. The van der Waals surface area contributed by atoms with Crippen LogP contribution in [0.4, 0.5) is 5.69 Å². The van der Waals surface area contributed by atoms with Crippen LogP contribution in [0.2, 0.25) is 5.02 Å². The van der Waals surface area contributed by atoms with E-state index in [2.05, 4.69) is 10.5 Å². The fourth-order valence-corrected chi connectivity index (χ4v) is 2.64. The van der Waals surface area contributed by atoms with Gasteiger partial charge in [0.25, 0.3) is 5.91 Å². The highest BCUT2D eigenvalue weighted by molar-refractivity contribution is 7.92. The van der Waals surface area contributed by atoms with Crippen molar-refractivity contribution in [2.24, 2.45) is 10.5 Å². The van der Waals surface area contributed by atoms with Gasteiger partial charge in [-0.3, -0.25) is 9.10 Å². The number of nitrogens with one attached hydrogen (secondary N) is 1. The van der Waals surface area contributed by atoms with Crippen LogP contribution < -0.4 is 9.73 Å². The average Bonchev–Trinajstić information content (AvgIpc) is 2.43. The van der Waals surface area contributed by atoms with Gasteiger partial charge in [-0.25, -0.2) is 13.8 Å². The third-order valence-corrected chi connectivity index (χ3v) is 5.11. The number of aryl methyl sites for hydroxylation is 1. The van der Waals surface area contributed by atoms with Gasteiger partial charge >= 0.3 is 0 Å². The molecule has 1 N–H and O–H groups in total. The minimum absolute atomic E-state index is 0.186. The van der Waals surface area contributed by atoms with Crippen molar-refractivity contribution in [3.8, 4) is 0 Å². The lowest BCUT2D eigenvalue weighted by molar-refractivity contribution is -0.119. The van der Waals surface area contributed by atoms with E-state index >= 15 is 0 Å². The Morgan fingerprint density at radius 3 is 2.38 bits per heavy atom. The molecule has 0 aliphatic rings. The zero-order chi connectivity index (χ0) is 18.7. The summed E-state index contributed by atoms with van der Waals surface area (Å²) in [7, 11) is -3.64. The van der Waals surface area contributed by atoms with Gasteiger partial charge in [-0.05, 0) is 31.5 Å². The molecule has 1 aromatic rings. The van der Waals surface area contributed by atoms with Gasteiger partial charge in [0, 0.05) is 16.1 Å². The molecule has 0 unspecified atom stereocenters. The molecular weight excluding hydrogens is 350 g/mol. The van der Waals surface area contributed by atoms with Crippen LogP contribution in [0, 0.1) is 12.3 Å². The van der Waals surface area contributed by atoms with E-state index in [0.29, 0.717) is 10.7 Å². The van der Waals surface area contributed by atoms with Gasteiger partial charge in [-0.15, -0.1) is 0 Å². The van der Waals surface area contributed by atoms with Crippen molar-refractivity contribution in [2.75, 3.05) is 17.1 Å². The summed E-state index contributed by atoms with van der Waals surface area (Å²) in [5, 5.41) is 4.46. The molecule has 0 saturated carbocycles. The number of anilines is 1. The van der Waals surface area contributed by atoms with Crippen molar-refractivity contribution < 1.29 is 13.2 Å². The maximum absolute atomic E-state index is 12.1. The fraction of sp³-hybridized carbons (Fsp3) is 0.500. The molecule has 8 heteroatoms. The van der Waals surface area contributed by atoms with Crippen LogP contribution in [-0.4, -0.2) is 32.8 Å². The van der Waals surface area contributed by atoms with Crippen molar-refractivity contribution in [1.82, 2.24) is 5.43 Å². The maximum Gasteiger partial charge on any atom is 0.260 e. The van der Waals surface area contributed by atoms with Crippen LogP contribution in [0.25, 0.3) is 0 Å². The van der Waals surface area contributed by atoms with E-state index in [-0.39, 0.29) is 12.0 Å². The van der Waals surface area contributed by atoms with Gasteiger partial charge in [0.2, 0.25) is 10.0 Å². The van der Waals surface area contributed by atoms with Gasteiger partial charge in [0.05, 0.1) is 11.9 Å². The molecule has 0 spiro atoms. The van der Waals surface area contributed by atoms with E-state index in [1.54, 1.807) is 19.1 Å². The standard InChI is InChI=1S/C16H24ClN3O3S/c1-11-7-8-13(9-14(11)17)20(24(6,22)23)10-15(21)19-18-12(2)16(3,4)5/h7-9H,10H2,1-6H3,(H,19,21)/b18-12-. The second kappa shape index (κ2) is 7.53. The molecule has 0 aromatic heterocycles. The molecule has 24 heavy (non-hydrogen) atoms. The van der Waals surface area contributed by atoms with Crippen LogP contribution in [0.3, 0.4) is 0 Å². The summed E-state index contributed by atoms with van der Waals surface area (Å²) in [5.41, 5.74) is 4.10. The number of rotatable bonds is 5. The number of carbonyl (C=O) groups is 1. The number of nitrogens with zero attached hydrogens (tertiary/aromatic N) is 2. The van der Waals surface area contributed by atoms with Crippen LogP contribution in [0.5, 0.6) is 0 Å². The summed E-state index contributed by atoms with van der Waals surface area (Å²) in [6.45, 7) is 9.14. The Hall–Kier alpha value is -1.60. The van der Waals surface area contributed by atoms with Gasteiger partial charge in [-0.1, -0.05) is 38.4 Å². The number of sulfonamides is 1. The number of amides is 1. The number of carbonyl (C=O) groups excluding carboxylic acids is 1. The maximum atomic E-state index is 12.1. The molecule has 0 heterocycles. The molecule has 1 amide bonds. The zero-order valence-electron chi connectivity index (χ0n) is 14.8. The van der Waals surface area contributed by atoms with Crippen molar-refractivity contribution >= 4 is 38.9 Å².